The lowest BCUT2D eigenvalue weighted by atomic mass is 10.0. The summed E-state index contributed by atoms with van der Waals surface area (Å²) in [5, 5.41) is 8.50. The van der Waals surface area contributed by atoms with Gasteiger partial charge in [-0.1, -0.05) is 36.4 Å². The lowest BCUT2D eigenvalue weighted by Crippen LogP contribution is -1.85. The third kappa shape index (κ3) is 1.96. The topological polar surface area (TPSA) is 23.8 Å². The Labute approximate surface area is 73.0 Å². The Kier molecular flexibility index (Phi) is 2.66. The maximum absolute atomic E-state index is 8.50. The van der Waals surface area contributed by atoms with Crippen molar-refractivity contribution in [3.63, 3.8) is 0 Å². The summed E-state index contributed by atoms with van der Waals surface area (Å²) in [5.41, 5.74) is 3.32. The molecule has 1 aromatic carbocycles. The molecule has 0 bridgehead atoms. The molecular formula is C11H11N. The Morgan fingerprint density at radius 1 is 1.50 bits per heavy atom. The second kappa shape index (κ2) is 3.73. The van der Waals surface area contributed by atoms with E-state index >= 15 is 0 Å². The molecule has 1 aromatic rings. The van der Waals surface area contributed by atoms with Crippen LogP contribution in [0, 0.1) is 18.3 Å². The summed E-state index contributed by atoms with van der Waals surface area (Å²) in [4.78, 5) is 0. The van der Waals surface area contributed by atoms with Crippen molar-refractivity contribution in [3.8, 4) is 6.07 Å². The van der Waals surface area contributed by atoms with Crippen molar-refractivity contribution in [2.45, 2.75) is 13.3 Å². The molecule has 0 aliphatic rings. The van der Waals surface area contributed by atoms with E-state index in [1.807, 2.05) is 25.1 Å². The quantitative estimate of drug-likeness (QED) is 0.647. The molecule has 0 unspecified atom stereocenters. The Morgan fingerprint density at radius 3 is 2.83 bits per heavy atom. The summed E-state index contributed by atoms with van der Waals surface area (Å²) in [7, 11) is 0. The van der Waals surface area contributed by atoms with Crippen LogP contribution in [0.1, 0.15) is 16.7 Å². The molecule has 0 aliphatic carbocycles. The number of nitriles is 1. The van der Waals surface area contributed by atoms with E-state index in [-0.39, 0.29) is 0 Å². The van der Waals surface area contributed by atoms with Crippen molar-refractivity contribution >= 4 is 6.08 Å². The van der Waals surface area contributed by atoms with E-state index in [1.54, 1.807) is 6.08 Å². The first-order chi connectivity index (χ1) is 5.76. The van der Waals surface area contributed by atoms with Gasteiger partial charge in [0.15, 0.2) is 0 Å². The molecule has 0 spiro atoms. The summed E-state index contributed by atoms with van der Waals surface area (Å²) in [6.07, 6.45) is 2.27. The molecule has 0 saturated heterocycles. The van der Waals surface area contributed by atoms with E-state index in [9.17, 15) is 0 Å². The molecule has 0 fully saturated rings. The molecule has 0 saturated carbocycles. The van der Waals surface area contributed by atoms with Gasteiger partial charge in [0.25, 0.3) is 0 Å². The average molecular weight is 157 g/mol. The second-order valence-corrected chi connectivity index (χ2v) is 2.79. The lowest BCUT2D eigenvalue weighted by Gasteiger charge is -2.00. The number of rotatable bonds is 2. The zero-order valence-corrected chi connectivity index (χ0v) is 7.17. The Hall–Kier alpha value is -1.55. The smallest absolute Gasteiger partial charge is 0.0669 e. The fraction of sp³-hybridized carbons (Fsp3) is 0.182. The minimum atomic E-state index is 0.475. The molecule has 0 heterocycles. The van der Waals surface area contributed by atoms with Gasteiger partial charge in [-0.25, -0.2) is 0 Å². The Bertz CT molecular complexity index is 331. The molecule has 0 aromatic heterocycles. The molecule has 1 rings (SSSR count). The van der Waals surface area contributed by atoms with E-state index in [1.165, 1.54) is 5.56 Å². The fourth-order valence-electron chi connectivity index (χ4n) is 1.21. The number of benzene rings is 1. The van der Waals surface area contributed by atoms with Crippen molar-refractivity contribution < 1.29 is 0 Å². The molecule has 0 radical (unpaired) electrons. The second-order valence-electron chi connectivity index (χ2n) is 2.79. The molecule has 0 N–H and O–H groups in total. The molecule has 1 heteroatoms. The van der Waals surface area contributed by atoms with Gasteiger partial charge < -0.3 is 0 Å². The van der Waals surface area contributed by atoms with Crippen LogP contribution in [0.4, 0.5) is 0 Å². The standard InChI is InChI=1S/C11H11N/c1-3-10-6-9(2)7-11(8-10)4-5-12/h3,6-8H,1,4H2,2H3. The summed E-state index contributed by atoms with van der Waals surface area (Å²) in [6.45, 7) is 5.71. The number of nitrogens with zero attached hydrogens (tertiary/aromatic N) is 1. The third-order valence-electron chi connectivity index (χ3n) is 1.68. The van der Waals surface area contributed by atoms with Gasteiger partial charge in [-0.15, -0.1) is 0 Å². The maximum atomic E-state index is 8.50. The highest BCUT2D eigenvalue weighted by molar-refractivity contribution is 5.50. The van der Waals surface area contributed by atoms with Crippen LogP contribution in [0.3, 0.4) is 0 Å². The van der Waals surface area contributed by atoms with Crippen molar-refractivity contribution in [3.05, 3.63) is 41.5 Å². The van der Waals surface area contributed by atoms with E-state index in [2.05, 4.69) is 12.6 Å². The molecule has 12 heavy (non-hydrogen) atoms. The minimum absolute atomic E-state index is 0.475. The van der Waals surface area contributed by atoms with Crippen LogP contribution in [0.5, 0.6) is 0 Å². The maximum Gasteiger partial charge on any atom is 0.0669 e. The minimum Gasteiger partial charge on any atom is -0.198 e. The van der Waals surface area contributed by atoms with Gasteiger partial charge in [0, 0.05) is 0 Å². The normalized spacial score (nSPS) is 9.00. The van der Waals surface area contributed by atoms with Gasteiger partial charge in [0.05, 0.1) is 12.5 Å². The predicted molar refractivity (Wildman–Crippen MR) is 50.6 cm³/mol. The monoisotopic (exact) mass is 157 g/mol. The van der Waals surface area contributed by atoms with Crippen LogP contribution >= 0.6 is 0 Å². The van der Waals surface area contributed by atoms with Gasteiger partial charge in [0.1, 0.15) is 0 Å². The molecule has 0 amide bonds. The highest BCUT2D eigenvalue weighted by atomic mass is 14.2. The lowest BCUT2D eigenvalue weighted by molar-refractivity contribution is 1.24. The molecule has 60 valence electrons. The van der Waals surface area contributed by atoms with Crippen molar-refractivity contribution in [1.82, 2.24) is 0 Å². The zero-order valence-electron chi connectivity index (χ0n) is 7.17. The van der Waals surface area contributed by atoms with Crippen LogP contribution in [0.25, 0.3) is 6.08 Å². The van der Waals surface area contributed by atoms with Gasteiger partial charge in [-0.05, 0) is 18.1 Å². The van der Waals surface area contributed by atoms with Crippen molar-refractivity contribution in [2.75, 3.05) is 0 Å². The SMILES string of the molecule is C=Cc1cc(C)cc(CC#N)c1. The van der Waals surface area contributed by atoms with Crippen LogP contribution in [0.2, 0.25) is 0 Å². The summed E-state index contributed by atoms with van der Waals surface area (Å²) >= 11 is 0. The van der Waals surface area contributed by atoms with Crippen LogP contribution in [-0.4, -0.2) is 0 Å². The van der Waals surface area contributed by atoms with Gasteiger partial charge in [0.2, 0.25) is 0 Å². The molecule has 0 atom stereocenters. The highest BCUT2D eigenvalue weighted by Gasteiger charge is 1.94. The van der Waals surface area contributed by atoms with Crippen LogP contribution in [0.15, 0.2) is 24.8 Å². The number of aryl methyl sites for hydroxylation is 1. The number of hydrogen-bond acceptors (Lipinski definition) is 1. The summed E-state index contributed by atoms with van der Waals surface area (Å²) in [6, 6.07) is 8.19. The molecular weight excluding hydrogens is 146 g/mol. The van der Waals surface area contributed by atoms with E-state index in [4.69, 9.17) is 5.26 Å². The zero-order chi connectivity index (χ0) is 8.97. The average Bonchev–Trinajstić information content (AvgIpc) is 2.04. The predicted octanol–water partition coefficient (Wildman–Crippen LogP) is 2.70. The van der Waals surface area contributed by atoms with Crippen LogP contribution in [-0.2, 0) is 6.42 Å². The van der Waals surface area contributed by atoms with Gasteiger partial charge >= 0.3 is 0 Å². The summed E-state index contributed by atoms with van der Waals surface area (Å²) in [5.74, 6) is 0. The Balaban J connectivity index is 3.07. The first kappa shape index (κ1) is 8.55. The number of hydrogen-bond donors (Lipinski definition) is 0. The first-order valence-electron chi connectivity index (χ1n) is 3.86. The van der Waals surface area contributed by atoms with Crippen molar-refractivity contribution in [1.29, 1.82) is 5.26 Å². The Morgan fingerprint density at radius 2 is 2.25 bits per heavy atom. The van der Waals surface area contributed by atoms with E-state index in [0.717, 1.165) is 11.1 Å². The largest absolute Gasteiger partial charge is 0.198 e. The molecule has 1 nitrogen and oxygen atoms in total. The highest BCUT2D eigenvalue weighted by Crippen LogP contribution is 2.10. The first-order valence-corrected chi connectivity index (χ1v) is 3.86. The van der Waals surface area contributed by atoms with Crippen molar-refractivity contribution in [2.24, 2.45) is 0 Å². The third-order valence-corrected chi connectivity index (χ3v) is 1.68. The molecule has 0 aliphatic heterocycles. The van der Waals surface area contributed by atoms with Gasteiger partial charge in [-0.3, -0.25) is 0 Å². The summed E-state index contributed by atoms with van der Waals surface area (Å²) < 4.78 is 0. The van der Waals surface area contributed by atoms with Crippen LogP contribution < -0.4 is 0 Å². The van der Waals surface area contributed by atoms with Gasteiger partial charge in [-0.2, -0.15) is 5.26 Å². The van der Waals surface area contributed by atoms with E-state index in [0.29, 0.717) is 6.42 Å². The fourth-order valence-corrected chi connectivity index (χ4v) is 1.21. The van der Waals surface area contributed by atoms with E-state index < -0.39 is 0 Å².